The summed E-state index contributed by atoms with van der Waals surface area (Å²) in [7, 11) is 1.35. The van der Waals surface area contributed by atoms with E-state index in [9.17, 15) is 33.9 Å². The monoisotopic (exact) mass is 506 g/mol. The van der Waals surface area contributed by atoms with Gasteiger partial charge >= 0.3 is 5.97 Å². The molecular formula is C24H34N4O8. The highest BCUT2D eigenvalue weighted by Crippen LogP contribution is 2.13. The number of phenols is 1. The Morgan fingerprint density at radius 2 is 1.56 bits per heavy atom. The molecule has 4 atom stereocenters. The van der Waals surface area contributed by atoms with Gasteiger partial charge in [-0.05, 0) is 30.5 Å². The largest absolute Gasteiger partial charge is 0.508 e. The molecule has 0 saturated heterocycles. The van der Waals surface area contributed by atoms with Crippen molar-refractivity contribution >= 4 is 35.9 Å². The maximum Gasteiger partial charge on any atom is 0.305 e. The number of hydrogen-bond acceptors (Lipinski definition) is 7. The van der Waals surface area contributed by atoms with E-state index in [0.717, 1.165) is 4.90 Å². The minimum Gasteiger partial charge on any atom is -0.508 e. The number of carbonyl (C=O) groups is 6. The number of aliphatic carboxylic acids is 1. The molecule has 0 aliphatic carbocycles. The second-order valence-electron chi connectivity index (χ2n) is 8.83. The molecular weight excluding hydrogens is 472 g/mol. The Hall–Kier alpha value is -3.96. The second kappa shape index (κ2) is 13.8. The Kier molecular flexibility index (Phi) is 11.5. The molecule has 1 rings (SSSR count). The fourth-order valence-corrected chi connectivity index (χ4v) is 3.30. The second-order valence-corrected chi connectivity index (χ2v) is 8.83. The summed E-state index contributed by atoms with van der Waals surface area (Å²) < 4.78 is 0. The van der Waals surface area contributed by atoms with Gasteiger partial charge in [0.1, 0.15) is 30.2 Å². The van der Waals surface area contributed by atoms with Gasteiger partial charge in [0.2, 0.25) is 23.6 Å². The van der Waals surface area contributed by atoms with Crippen molar-refractivity contribution in [2.24, 2.45) is 5.92 Å². The van der Waals surface area contributed by atoms with E-state index >= 15 is 0 Å². The van der Waals surface area contributed by atoms with Crippen LogP contribution in [0.4, 0.5) is 0 Å². The van der Waals surface area contributed by atoms with Crippen molar-refractivity contribution in [1.29, 1.82) is 0 Å². The Morgan fingerprint density at radius 1 is 0.972 bits per heavy atom. The maximum atomic E-state index is 13.2. The Labute approximate surface area is 209 Å². The molecule has 0 unspecified atom stereocenters. The first kappa shape index (κ1) is 30.1. The number of benzene rings is 1. The lowest BCUT2D eigenvalue weighted by molar-refractivity contribution is -0.143. The zero-order valence-electron chi connectivity index (χ0n) is 21.0. The van der Waals surface area contributed by atoms with E-state index in [2.05, 4.69) is 16.0 Å². The van der Waals surface area contributed by atoms with E-state index < -0.39 is 60.2 Å². The first-order valence-corrected chi connectivity index (χ1v) is 11.4. The van der Waals surface area contributed by atoms with Gasteiger partial charge < -0.3 is 35.9 Å². The molecule has 0 spiro atoms. The minimum atomic E-state index is -1.27. The van der Waals surface area contributed by atoms with Crippen molar-refractivity contribution in [3.8, 4) is 5.75 Å². The van der Waals surface area contributed by atoms with Crippen LogP contribution in [-0.4, -0.2) is 82.2 Å². The number of rotatable bonds is 13. The number of nitrogens with zero attached hydrogens (tertiary/aromatic N) is 1. The van der Waals surface area contributed by atoms with Gasteiger partial charge in [0.25, 0.3) is 0 Å². The first-order valence-electron chi connectivity index (χ1n) is 11.4. The smallest absolute Gasteiger partial charge is 0.305 e. The predicted octanol–water partition coefficient (Wildman–Crippen LogP) is -0.414. The number of phenolic OH excluding ortho intramolecular Hbond substituents is 1. The number of carboxylic acids is 1. The molecule has 0 heterocycles. The Morgan fingerprint density at radius 3 is 2.03 bits per heavy atom. The highest BCUT2D eigenvalue weighted by Gasteiger charge is 2.34. The fourth-order valence-electron chi connectivity index (χ4n) is 3.30. The van der Waals surface area contributed by atoms with Crippen LogP contribution in [0.25, 0.3) is 0 Å². The number of carboxylic acid groups (broad SMARTS) is 1. The van der Waals surface area contributed by atoms with E-state index in [1.54, 1.807) is 26.0 Å². The maximum absolute atomic E-state index is 13.2. The van der Waals surface area contributed by atoms with E-state index in [4.69, 9.17) is 5.11 Å². The normalized spacial score (nSPS) is 14.1. The zero-order valence-corrected chi connectivity index (χ0v) is 21.0. The van der Waals surface area contributed by atoms with Crippen molar-refractivity contribution in [2.75, 3.05) is 7.05 Å². The third kappa shape index (κ3) is 9.35. The van der Waals surface area contributed by atoms with Gasteiger partial charge in [0.05, 0.1) is 12.5 Å². The average molecular weight is 507 g/mol. The number of aldehydes is 1. The molecule has 4 amide bonds. The molecule has 1 aromatic carbocycles. The van der Waals surface area contributed by atoms with Crippen LogP contribution in [0.15, 0.2) is 24.3 Å². The summed E-state index contributed by atoms with van der Waals surface area (Å²) in [5.41, 5.74) is 0.669. The average Bonchev–Trinajstić information content (AvgIpc) is 2.80. The molecule has 5 N–H and O–H groups in total. The van der Waals surface area contributed by atoms with Crippen LogP contribution in [0, 0.1) is 5.92 Å². The summed E-state index contributed by atoms with van der Waals surface area (Å²) in [4.78, 5) is 73.4. The molecule has 0 bridgehead atoms. The van der Waals surface area contributed by atoms with Crippen LogP contribution in [-0.2, 0) is 35.2 Å². The van der Waals surface area contributed by atoms with Crippen molar-refractivity contribution in [3.63, 3.8) is 0 Å². The zero-order chi connectivity index (χ0) is 27.6. The van der Waals surface area contributed by atoms with Crippen LogP contribution >= 0.6 is 0 Å². The molecule has 0 radical (unpaired) electrons. The summed E-state index contributed by atoms with van der Waals surface area (Å²) in [6.07, 6.45) is -0.195. The molecule has 0 aromatic heterocycles. The van der Waals surface area contributed by atoms with Crippen LogP contribution in [0.2, 0.25) is 0 Å². The van der Waals surface area contributed by atoms with Gasteiger partial charge in [0, 0.05) is 20.4 Å². The molecule has 12 heteroatoms. The Balaban J connectivity index is 2.99. The number of carbonyl (C=O) groups excluding carboxylic acids is 5. The minimum absolute atomic E-state index is 0.0494. The first-order chi connectivity index (χ1) is 16.8. The molecule has 1 aromatic rings. The summed E-state index contributed by atoms with van der Waals surface area (Å²) in [6.45, 7) is 6.06. The SMILES string of the molecule is CC(=O)N[C@@H](Cc1ccc(O)cc1)C(=O)N[C@H](C(=O)N(C)[C@@H](C)C(=O)N[C@H](C=O)CC(=O)O)C(C)C. The standard InChI is InChI=1S/C24H34N4O8/c1-13(2)21(24(36)28(5)14(3)22(34)26-17(12-29)11-20(32)33)27-23(35)19(25-15(4)30)10-16-6-8-18(31)9-7-16/h6-9,12-14,17,19,21,31H,10-11H2,1-5H3,(H,25,30)(H,26,34)(H,27,35)(H,32,33)/t14-,17-,19-,21-/m0/s1. The Bertz CT molecular complexity index is 963. The van der Waals surface area contributed by atoms with Crippen molar-refractivity contribution in [3.05, 3.63) is 29.8 Å². The van der Waals surface area contributed by atoms with Crippen molar-refractivity contribution in [2.45, 2.75) is 64.7 Å². The molecule has 36 heavy (non-hydrogen) atoms. The van der Waals surface area contributed by atoms with Crippen LogP contribution in [0.5, 0.6) is 5.75 Å². The van der Waals surface area contributed by atoms with Gasteiger partial charge in [-0.15, -0.1) is 0 Å². The number of amides is 4. The number of aromatic hydroxyl groups is 1. The van der Waals surface area contributed by atoms with Gasteiger partial charge in [-0.3, -0.25) is 24.0 Å². The molecule has 198 valence electrons. The van der Waals surface area contributed by atoms with E-state index in [1.165, 1.54) is 33.0 Å². The highest BCUT2D eigenvalue weighted by molar-refractivity contribution is 5.94. The van der Waals surface area contributed by atoms with Gasteiger partial charge in [-0.25, -0.2) is 0 Å². The van der Waals surface area contributed by atoms with Gasteiger partial charge in [-0.1, -0.05) is 26.0 Å². The van der Waals surface area contributed by atoms with Crippen LogP contribution in [0.1, 0.15) is 39.7 Å². The quantitative estimate of drug-likeness (QED) is 0.224. The summed E-state index contributed by atoms with van der Waals surface area (Å²) >= 11 is 0. The molecule has 12 nitrogen and oxygen atoms in total. The van der Waals surface area contributed by atoms with Crippen molar-refractivity contribution in [1.82, 2.24) is 20.9 Å². The van der Waals surface area contributed by atoms with Crippen LogP contribution in [0.3, 0.4) is 0 Å². The summed E-state index contributed by atoms with van der Waals surface area (Å²) in [6, 6.07) is 1.74. The van der Waals surface area contributed by atoms with Crippen LogP contribution < -0.4 is 16.0 Å². The summed E-state index contributed by atoms with van der Waals surface area (Å²) in [5, 5.41) is 25.8. The van der Waals surface area contributed by atoms with Gasteiger partial charge in [0.15, 0.2) is 0 Å². The van der Waals surface area contributed by atoms with Gasteiger partial charge in [-0.2, -0.15) is 0 Å². The van der Waals surface area contributed by atoms with E-state index in [-0.39, 0.29) is 18.1 Å². The third-order valence-corrected chi connectivity index (χ3v) is 5.50. The predicted molar refractivity (Wildman–Crippen MR) is 129 cm³/mol. The molecule has 0 aliphatic heterocycles. The fraction of sp³-hybridized carbons (Fsp3) is 0.500. The lowest BCUT2D eigenvalue weighted by Gasteiger charge is -2.31. The highest BCUT2D eigenvalue weighted by atomic mass is 16.4. The van der Waals surface area contributed by atoms with Crippen molar-refractivity contribution < 1.29 is 39.0 Å². The van der Waals surface area contributed by atoms with E-state index in [1.807, 2.05) is 0 Å². The number of hydrogen-bond donors (Lipinski definition) is 5. The van der Waals surface area contributed by atoms with E-state index in [0.29, 0.717) is 11.8 Å². The third-order valence-electron chi connectivity index (χ3n) is 5.50. The topological polar surface area (TPSA) is 182 Å². The molecule has 0 aliphatic rings. The lowest BCUT2D eigenvalue weighted by atomic mass is 10.00. The molecule has 0 fully saturated rings. The number of likely N-dealkylation sites (N-methyl/N-ethyl adjacent to an activating group) is 1. The number of nitrogens with one attached hydrogen (secondary N) is 3. The summed E-state index contributed by atoms with van der Waals surface area (Å²) in [5.74, 6) is -4.00. The lowest BCUT2D eigenvalue weighted by Crippen LogP contribution is -2.58. The molecule has 0 saturated carbocycles.